The predicted octanol–water partition coefficient (Wildman–Crippen LogP) is 6.54. The molecule has 0 radical (unpaired) electrons. The molecule has 0 aliphatic heterocycles. The van der Waals surface area contributed by atoms with Gasteiger partial charge < -0.3 is 14.6 Å². The summed E-state index contributed by atoms with van der Waals surface area (Å²) in [6, 6.07) is 27.1. The summed E-state index contributed by atoms with van der Waals surface area (Å²) >= 11 is 7.27. The van der Waals surface area contributed by atoms with Crippen LogP contribution in [0.5, 0.6) is 5.75 Å². The van der Waals surface area contributed by atoms with Gasteiger partial charge in [-0.25, -0.2) is 4.98 Å². The molecule has 0 aliphatic rings. The third kappa shape index (κ3) is 6.97. The molecular formula is C27H24ClNO4S. The number of fused-ring (bicyclic) bond motifs is 1. The number of halogens is 1. The van der Waals surface area contributed by atoms with Gasteiger partial charge in [0.1, 0.15) is 12.4 Å². The van der Waals surface area contributed by atoms with E-state index in [1.807, 2.05) is 84.9 Å². The molecule has 1 unspecified atom stereocenters. The zero-order chi connectivity index (χ0) is 23.8. The van der Waals surface area contributed by atoms with Crippen molar-refractivity contribution in [3.05, 3.63) is 107 Å². The van der Waals surface area contributed by atoms with E-state index in [2.05, 4.69) is 4.98 Å². The summed E-state index contributed by atoms with van der Waals surface area (Å²) in [6.07, 6.45) is 0. The topological polar surface area (TPSA) is 68.7 Å². The molecule has 0 saturated carbocycles. The Balaban J connectivity index is 1.35. The van der Waals surface area contributed by atoms with Gasteiger partial charge in [-0.2, -0.15) is 0 Å². The van der Waals surface area contributed by atoms with Crippen LogP contribution in [0.2, 0.25) is 5.02 Å². The summed E-state index contributed by atoms with van der Waals surface area (Å²) in [6.45, 7) is 1.19. The average Bonchev–Trinajstić information content (AvgIpc) is 2.86. The van der Waals surface area contributed by atoms with E-state index in [-0.39, 0.29) is 11.0 Å². The van der Waals surface area contributed by atoms with Gasteiger partial charge in [-0.3, -0.25) is 4.79 Å². The van der Waals surface area contributed by atoms with Crippen molar-refractivity contribution >= 4 is 40.2 Å². The SMILES string of the molecule is O=C(O)CSC(COCc1ccc(Cl)cc1)c1ccc(OCc2ccc3ccccc3n2)cc1. The highest BCUT2D eigenvalue weighted by Crippen LogP contribution is 2.31. The van der Waals surface area contributed by atoms with Crippen molar-refractivity contribution in [3.63, 3.8) is 0 Å². The van der Waals surface area contributed by atoms with Crippen LogP contribution in [0.3, 0.4) is 0 Å². The van der Waals surface area contributed by atoms with Crippen molar-refractivity contribution in [2.24, 2.45) is 0 Å². The second-order valence-electron chi connectivity index (χ2n) is 7.69. The molecule has 0 saturated heterocycles. The maximum Gasteiger partial charge on any atom is 0.313 e. The Kier molecular flexibility index (Phi) is 8.41. The number of rotatable bonds is 11. The predicted molar refractivity (Wildman–Crippen MR) is 136 cm³/mol. The lowest BCUT2D eigenvalue weighted by Crippen LogP contribution is -2.09. The number of nitrogens with zero attached hydrogens (tertiary/aromatic N) is 1. The van der Waals surface area contributed by atoms with Crippen LogP contribution in [0.4, 0.5) is 0 Å². The van der Waals surface area contributed by atoms with Gasteiger partial charge in [0.05, 0.1) is 35.4 Å². The van der Waals surface area contributed by atoms with Crippen LogP contribution in [0.1, 0.15) is 22.1 Å². The molecule has 5 nitrogen and oxygen atoms in total. The van der Waals surface area contributed by atoms with Crippen molar-refractivity contribution in [2.45, 2.75) is 18.5 Å². The minimum atomic E-state index is -0.851. The highest BCUT2D eigenvalue weighted by Gasteiger charge is 2.15. The summed E-state index contributed by atoms with van der Waals surface area (Å²) in [5.74, 6) is -0.126. The molecule has 174 valence electrons. The number of carbonyl (C=O) groups is 1. The standard InChI is InChI=1S/C27H24ClNO4S/c28-22-10-5-19(6-11-22)15-32-17-26(34-18-27(30)31)21-8-13-24(14-9-21)33-16-23-12-7-20-3-1-2-4-25(20)29-23/h1-14,26H,15-18H2,(H,30,31). The minimum absolute atomic E-state index is 0.000849. The van der Waals surface area contributed by atoms with Gasteiger partial charge in [0.2, 0.25) is 0 Å². The van der Waals surface area contributed by atoms with Gasteiger partial charge in [0, 0.05) is 10.4 Å². The average molecular weight is 494 g/mol. The van der Waals surface area contributed by atoms with Crippen LogP contribution in [0, 0.1) is 0 Å². The third-order valence-corrected chi connectivity index (χ3v) is 6.63. The fourth-order valence-corrected chi connectivity index (χ4v) is 4.41. The molecule has 7 heteroatoms. The van der Waals surface area contributed by atoms with E-state index in [0.717, 1.165) is 33.5 Å². The zero-order valence-corrected chi connectivity index (χ0v) is 20.0. The van der Waals surface area contributed by atoms with Gasteiger partial charge >= 0.3 is 5.97 Å². The number of ether oxygens (including phenoxy) is 2. The third-order valence-electron chi connectivity index (χ3n) is 5.15. The quantitative estimate of drug-likeness (QED) is 0.256. The summed E-state index contributed by atoms with van der Waals surface area (Å²) in [5.41, 5.74) is 3.79. The molecule has 1 N–H and O–H groups in total. The Morgan fingerprint density at radius 3 is 2.47 bits per heavy atom. The molecule has 3 aromatic carbocycles. The summed E-state index contributed by atoms with van der Waals surface area (Å²) in [4.78, 5) is 15.8. The van der Waals surface area contributed by atoms with E-state index in [1.54, 1.807) is 0 Å². The maximum absolute atomic E-state index is 11.1. The molecule has 0 fully saturated rings. The summed E-state index contributed by atoms with van der Waals surface area (Å²) < 4.78 is 11.8. The Morgan fingerprint density at radius 1 is 0.941 bits per heavy atom. The van der Waals surface area contributed by atoms with Crippen LogP contribution >= 0.6 is 23.4 Å². The Hall–Kier alpha value is -3.06. The first-order valence-electron chi connectivity index (χ1n) is 10.8. The minimum Gasteiger partial charge on any atom is -0.487 e. The Labute approximate surface area is 207 Å². The van der Waals surface area contributed by atoms with Gasteiger partial charge in [-0.05, 0) is 47.5 Å². The fraction of sp³-hybridized carbons (Fsp3) is 0.185. The van der Waals surface area contributed by atoms with Crippen molar-refractivity contribution < 1.29 is 19.4 Å². The molecule has 34 heavy (non-hydrogen) atoms. The number of hydrogen-bond donors (Lipinski definition) is 1. The second kappa shape index (κ2) is 11.9. The van der Waals surface area contributed by atoms with Gasteiger partial charge in [0.15, 0.2) is 0 Å². The van der Waals surface area contributed by atoms with Crippen LogP contribution < -0.4 is 4.74 Å². The van der Waals surface area contributed by atoms with Gasteiger partial charge in [-0.1, -0.05) is 60.1 Å². The summed E-state index contributed by atoms with van der Waals surface area (Å²) in [7, 11) is 0. The van der Waals surface area contributed by atoms with Crippen molar-refractivity contribution in [3.8, 4) is 5.75 Å². The smallest absolute Gasteiger partial charge is 0.313 e. The lowest BCUT2D eigenvalue weighted by Gasteiger charge is -2.17. The maximum atomic E-state index is 11.1. The number of pyridine rings is 1. The molecule has 4 rings (SSSR count). The van der Waals surface area contributed by atoms with Crippen LogP contribution in [0.25, 0.3) is 10.9 Å². The monoisotopic (exact) mass is 493 g/mol. The van der Waals surface area contributed by atoms with Crippen molar-refractivity contribution in [1.29, 1.82) is 0 Å². The number of benzene rings is 3. The highest BCUT2D eigenvalue weighted by molar-refractivity contribution is 8.00. The molecule has 1 aromatic heterocycles. The molecular weight excluding hydrogens is 470 g/mol. The number of aromatic nitrogens is 1. The molecule has 0 spiro atoms. The first-order valence-corrected chi connectivity index (χ1v) is 12.2. The second-order valence-corrected chi connectivity index (χ2v) is 9.32. The number of carboxylic acid groups (broad SMARTS) is 1. The molecule has 0 bridgehead atoms. The van der Waals surface area contributed by atoms with Gasteiger partial charge in [0.25, 0.3) is 0 Å². The molecule has 1 heterocycles. The largest absolute Gasteiger partial charge is 0.487 e. The van der Waals surface area contributed by atoms with E-state index in [9.17, 15) is 4.79 Å². The number of para-hydroxylation sites is 1. The van der Waals surface area contributed by atoms with Gasteiger partial charge in [-0.15, -0.1) is 11.8 Å². The van der Waals surface area contributed by atoms with Crippen molar-refractivity contribution in [2.75, 3.05) is 12.4 Å². The van der Waals surface area contributed by atoms with Crippen molar-refractivity contribution in [1.82, 2.24) is 4.98 Å². The van der Waals surface area contributed by atoms with E-state index in [0.29, 0.717) is 24.8 Å². The first kappa shape index (κ1) is 24.1. The van der Waals surface area contributed by atoms with E-state index < -0.39 is 5.97 Å². The number of carboxylic acids is 1. The van der Waals surface area contributed by atoms with Crippen LogP contribution in [-0.4, -0.2) is 28.4 Å². The van der Waals surface area contributed by atoms with Crippen LogP contribution in [-0.2, 0) is 22.7 Å². The Bertz CT molecular complexity index is 1230. The Morgan fingerprint density at radius 2 is 1.71 bits per heavy atom. The zero-order valence-electron chi connectivity index (χ0n) is 18.4. The normalized spacial score (nSPS) is 11.9. The fourth-order valence-electron chi connectivity index (χ4n) is 3.40. The summed E-state index contributed by atoms with van der Waals surface area (Å²) in [5, 5.41) is 10.8. The van der Waals surface area contributed by atoms with E-state index >= 15 is 0 Å². The van der Waals surface area contributed by atoms with E-state index in [1.165, 1.54) is 11.8 Å². The highest BCUT2D eigenvalue weighted by atomic mass is 35.5. The lowest BCUT2D eigenvalue weighted by atomic mass is 10.1. The molecule has 4 aromatic rings. The number of aliphatic carboxylic acids is 1. The number of hydrogen-bond acceptors (Lipinski definition) is 5. The first-order chi connectivity index (χ1) is 16.6. The molecule has 0 aliphatic carbocycles. The van der Waals surface area contributed by atoms with Crippen LogP contribution in [0.15, 0.2) is 84.9 Å². The van der Waals surface area contributed by atoms with E-state index in [4.69, 9.17) is 26.2 Å². The molecule has 0 amide bonds. The number of thioether (sulfide) groups is 1. The molecule has 1 atom stereocenters. The lowest BCUT2D eigenvalue weighted by molar-refractivity contribution is -0.133.